The van der Waals surface area contributed by atoms with Gasteiger partial charge in [-0.1, -0.05) is 11.8 Å². The molecule has 0 saturated carbocycles. The molecule has 0 bridgehead atoms. The van der Waals surface area contributed by atoms with Gasteiger partial charge < -0.3 is 26.3 Å². The molecule has 0 aliphatic carbocycles. The summed E-state index contributed by atoms with van der Waals surface area (Å²) in [5, 5.41) is 22.1. The van der Waals surface area contributed by atoms with E-state index in [1.807, 2.05) is 5.48 Å². The van der Waals surface area contributed by atoms with Gasteiger partial charge in [0.25, 0.3) is 0 Å². The van der Waals surface area contributed by atoms with Gasteiger partial charge in [0.15, 0.2) is 17.0 Å². The number of nitrogen functional groups attached to an aromatic ring is 1. The quantitative estimate of drug-likeness (QED) is 0.259. The van der Waals surface area contributed by atoms with Crippen LogP contribution >= 0.6 is 23.1 Å². The first-order valence-electron chi connectivity index (χ1n) is 10.2. The van der Waals surface area contributed by atoms with E-state index in [1.54, 1.807) is 6.92 Å². The first-order chi connectivity index (χ1) is 16.2. The molecule has 6 N–H and O–H groups in total. The Balaban J connectivity index is 1.46. The van der Waals surface area contributed by atoms with E-state index in [0.29, 0.717) is 22.6 Å². The van der Waals surface area contributed by atoms with Crippen LogP contribution in [-0.4, -0.2) is 55.6 Å². The Hall–Kier alpha value is -3.07. The molecule has 0 aromatic carbocycles. The number of rotatable bonds is 8. The van der Waals surface area contributed by atoms with Crippen molar-refractivity contribution >= 4 is 46.0 Å². The molecule has 11 nitrogen and oxygen atoms in total. The predicted molar refractivity (Wildman–Crippen MR) is 120 cm³/mol. The zero-order chi connectivity index (χ0) is 24.6. The minimum absolute atomic E-state index is 0.0377. The van der Waals surface area contributed by atoms with Crippen LogP contribution in [0, 0.1) is 18.7 Å². The summed E-state index contributed by atoms with van der Waals surface area (Å²) in [7, 11) is 0. The highest BCUT2D eigenvalue weighted by molar-refractivity contribution is 8.03. The number of nitrogens with zero attached hydrogens (tertiary/aromatic N) is 3. The molecule has 2 unspecified atom stereocenters. The molecule has 1 saturated heterocycles. The number of carboxylic acids is 1. The minimum Gasteiger partial charge on any atom is -0.477 e. The summed E-state index contributed by atoms with van der Waals surface area (Å²) < 4.78 is 14.0. The Morgan fingerprint density at radius 2 is 2.24 bits per heavy atom. The monoisotopic (exact) mass is 508 g/mol. The average Bonchev–Trinajstić information content (AvgIpc) is 3.13. The van der Waals surface area contributed by atoms with Crippen LogP contribution in [0.4, 0.5) is 9.52 Å². The number of pyridine rings is 1. The minimum atomic E-state index is -1.28. The third-order valence-electron chi connectivity index (χ3n) is 5.70. The fourth-order valence-corrected chi connectivity index (χ4v) is 5.89. The number of nitrogens with one attached hydrogen (secondary N) is 2. The fraction of sp³-hybridized carbons (Fsp3) is 0.350. The van der Waals surface area contributed by atoms with Crippen LogP contribution < -0.4 is 16.5 Å². The van der Waals surface area contributed by atoms with Gasteiger partial charge in [0.05, 0.1) is 28.7 Å². The standard InChI is InChI=1S/C20H21FN6O5S2/c1-8-14(25-20(22)33-8)15(26-32)17(28)24-6-9-11-2-3-13(16(19(30)31)27(11)18(9)29)34-12-4-5-23-7-10(12)21/h4-5,7,9,11,15,26,32H,2-3,6H2,1H3,(H2,22,25)(H,24,28)(H,30,31)/t9-,11?,15?/m0/s1. The van der Waals surface area contributed by atoms with Crippen LogP contribution in [0.1, 0.15) is 29.5 Å². The summed E-state index contributed by atoms with van der Waals surface area (Å²) in [6.07, 6.45) is 3.24. The van der Waals surface area contributed by atoms with Crippen molar-refractivity contribution in [1.82, 2.24) is 25.7 Å². The summed E-state index contributed by atoms with van der Waals surface area (Å²) in [4.78, 5) is 47.6. The Kier molecular flexibility index (Phi) is 6.84. The molecule has 2 amide bonds. The number of nitrogens with two attached hydrogens (primary N) is 1. The summed E-state index contributed by atoms with van der Waals surface area (Å²) in [5.74, 6) is -3.52. The number of carbonyl (C=O) groups excluding carboxylic acids is 2. The van der Waals surface area contributed by atoms with Crippen molar-refractivity contribution in [3.05, 3.63) is 45.5 Å². The first-order valence-corrected chi connectivity index (χ1v) is 11.8. The molecule has 4 heterocycles. The number of thioether (sulfide) groups is 1. The number of fused-ring (bicyclic) bond motifs is 1. The van der Waals surface area contributed by atoms with Crippen molar-refractivity contribution in [2.24, 2.45) is 5.92 Å². The number of hydrogen-bond acceptors (Lipinski definition) is 10. The number of aliphatic carboxylic acids is 1. The normalized spacial score (nSPS) is 20.6. The van der Waals surface area contributed by atoms with Gasteiger partial charge in [0, 0.05) is 22.5 Å². The molecule has 14 heteroatoms. The van der Waals surface area contributed by atoms with Crippen LogP contribution in [0.3, 0.4) is 0 Å². The number of carbonyl (C=O) groups is 3. The highest BCUT2D eigenvalue weighted by Gasteiger charge is 2.52. The van der Waals surface area contributed by atoms with Crippen molar-refractivity contribution < 1.29 is 29.1 Å². The average molecular weight is 509 g/mol. The maximum atomic E-state index is 14.0. The highest BCUT2D eigenvalue weighted by Crippen LogP contribution is 2.45. The smallest absolute Gasteiger partial charge is 0.353 e. The van der Waals surface area contributed by atoms with E-state index in [1.165, 1.54) is 28.5 Å². The second kappa shape index (κ2) is 9.66. The SMILES string of the molecule is Cc1sc(N)nc1C(NO)C(=O)NC[C@@H]1C(=O)N2C(C(=O)O)=C(Sc3ccncc3F)CCC12. The molecule has 2 aliphatic rings. The topological polar surface area (TPSA) is 171 Å². The van der Waals surface area contributed by atoms with Crippen molar-refractivity contribution in [3.8, 4) is 0 Å². The van der Waals surface area contributed by atoms with Crippen LogP contribution in [0.25, 0.3) is 0 Å². The molecule has 34 heavy (non-hydrogen) atoms. The zero-order valence-corrected chi connectivity index (χ0v) is 19.5. The van der Waals surface area contributed by atoms with E-state index in [4.69, 9.17) is 5.73 Å². The maximum absolute atomic E-state index is 14.0. The number of halogens is 1. The molecule has 2 aromatic rings. The number of β-lactam (4-membered cyclic amide) rings is 1. The van der Waals surface area contributed by atoms with E-state index in [0.717, 1.165) is 18.0 Å². The number of allylic oxidation sites excluding steroid dienone is 1. The molecule has 2 aromatic heterocycles. The first kappa shape index (κ1) is 24.1. The fourth-order valence-electron chi connectivity index (χ4n) is 4.12. The largest absolute Gasteiger partial charge is 0.477 e. The number of thiazole rings is 1. The third kappa shape index (κ3) is 4.36. The van der Waals surface area contributed by atoms with E-state index in [-0.39, 0.29) is 28.0 Å². The Bertz CT molecular complexity index is 1190. The van der Waals surface area contributed by atoms with Gasteiger partial charge in [0.2, 0.25) is 11.8 Å². The van der Waals surface area contributed by atoms with Crippen LogP contribution in [0.5, 0.6) is 0 Å². The Labute approximate surface area is 201 Å². The number of anilines is 1. The number of hydrogen-bond donors (Lipinski definition) is 5. The second-order valence-corrected chi connectivity index (χ2v) is 10.1. The van der Waals surface area contributed by atoms with E-state index >= 15 is 0 Å². The molecule has 3 atom stereocenters. The van der Waals surface area contributed by atoms with Gasteiger partial charge in [-0.15, -0.1) is 11.3 Å². The summed E-state index contributed by atoms with van der Waals surface area (Å²) in [5.41, 5.74) is 7.68. The highest BCUT2D eigenvalue weighted by atomic mass is 32.2. The molecule has 2 aliphatic heterocycles. The van der Waals surface area contributed by atoms with Crippen molar-refractivity contribution in [1.29, 1.82) is 0 Å². The van der Waals surface area contributed by atoms with Crippen LogP contribution in [-0.2, 0) is 14.4 Å². The molecule has 180 valence electrons. The van der Waals surface area contributed by atoms with Gasteiger partial charge >= 0.3 is 5.97 Å². The lowest BCUT2D eigenvalue weighted by molar-refractivity contribution is -0.158. The molecule has 0 radical (unpaired) electrons. The third-order valence-corrected chi connectivity index (χ3v) is 7.71. The summed E-state index contributed by atoms with van der Waals surface area (Å²) >= 11 is 2.14. The Morgan fingerprint density at radius 3 is 2.85 bits per heavy atom. The number of amides is 2. The van der Waals surface area contributed by atoms with E-state index in [2.05, 4.69) is 15.3 Å². The van der Waals surface area contributed by atoms with E-state index < -0.39 is 41.6 Å². The molecular formula is C20H21FN6O5S2. The van der Waals surface area contributed by atoms with Gasteiger partial charge in [-0.2, -0.15) is 5.48 Å². The van der Waals surface area contributed by atoms with Crippen LogP contribution in [0.2, 0.25) is 0 Å². The van der Waals surface area contributed by atoms with Gasteiger partial charge in [-0.3, -0.25) is 14.6 Å². The second-order valence-electron chi connectivity index (χ2n) is 7.71. The van der Waals surface area contributed by atoms with Crippen molar-refractivity contribution in [2.75, 3.05) is 12.3 Å². The van der Waals surface area contributed by atoms with Gasteiger partial charge in [-0.25, -0.2) is 14.2 Å². The number of hydroxylamine groups is 1. The molecule has 1 fully saturated rings. The molecule has 0 spiro atoms. The van der Waals surface area contributed by atoms with Gasteiger partial charge in [0.1, 0.15) is 5.70 Å². The summed E-state index contributed by atoms with van der Waals surface area (Å²) in [6.45, 7) is 1.67. The molecular weight excluding hydrogens is 487 g/mol. The van der Waals surface area contributed by atoms with Crippen molar-refractivity contribution in [3.63, 3.8) is 0 Å². The molecule has 4 rings (SSSR count). The lowest BCUT2D eigenvalue weighted by Crippen LogP contribution is -2.65. The lowest BCUT2D eigenvalue weighted by atomic mass is 9.81. The Morgan fingerprint density at radius 1 is 1.47 bits per heavy atom. The zero-order valence-electron chi connectivity index (χ0n) is 17.8. The number of aryl methyl sites for hydroxylation is 1. The summed E-state index contributed by atoms with van der Waals surface area (Å²) in [6, 6.07) is -0.139. The van der Waals surface area contributed by atoms with E-state index in [9.17, 15) is 29.1 Å². The predicted octanol–water partition coefficient (Wildman–Crippen LogP) is 1.41. The number of carboxylic acid groups (broad SMARTS) is 1. The van der Waals surface area contributed by atoms with Crippen molar-refractivity contribution in [2.45, 2.75) is 36.7 Å². The van der Waals surface area contributed by atoms with Crippen LogP contribution in [0.15, 0.2) is 34.0 Å². The van der Waals surface area contributed by atoms with Gasteiger partial charge in [-0.05, 0) is 25.8 Å². The lowest BCUT2D eigenvalue weighted by Gasteiger charge is -2.50. The number of aromatic nitrogens is 2. The maximum Gasteiger partial charge on any atom is 0.353 e.